The summed E-state index contributed by atoms with van der Waals surface area (Å²) in [6, 6.07) is 0. The van der Waals surface area contributed by atoms with Gasteiger partial charge in [-0.15, -0.1) is 0 Å². The number of ether oxygens (including phenoxy) is 1. The van der Waals surface area contributed by atoms with Gasteiger partial charge in [-0.2, -0.15) is 0 Å². The van der Waals surface area contributed by atoms with Crippen molar-refractivity contribution in [3.8, 4) is 0 Å². The molecule has 0 atom stereocenters. The number of hydrogen-bond acceptors (Lipinski definition) is 2. The van der Waals surface area contributed by atoms with E-state index in [0.717, 1.165) is 0 Å². The summed E-state index contributed by atoms with van der Waals surface area (Å²) in [7, 11) is 1.55. The van der Waals surface area contributed by atoms with Crippen LogP contribution in [0.2, 0.25) is 0 Å². The first-order chi connectivity index (χ1) is 2.41. The number of methoxy groups -OCH3 is 1. The third-order valence-corrected chi connectivity index (χ3v) is 0.295. The van der Waals surface area contributed by atoms with Crippen molar-refractivity contribution >= 4 is 0 Å². The summed E-state index contributed by atoms with van der Waals surface area (Å²) in [6.07, 6.45) is 0. The zero-order valence-electron chi connectivity index (χ0n) is 3.62. The molecule has 0 aliphatic heterocycles. The number of aliphatic hydroxyl groups is 1. The first-order valence-electron chi connectivity index (χ1n) is 1.51. The van der Waals surface area contributed by atoms with Gasteiger partial charge in [0.1, 0.15) is 0 Å². The fraction of sp³-hybridized carbons (Fsp3) is 1.00. The molecule has 0 bridgehead atoms. The minimum absolute atomic E-state index is 0. The van der Waals surface area contributed by atoms with Gasteiger partial charge < -0.3 is 9.84 Å². The molecule has 0 aromatic carbocycles. The largest absolute Gasteiger partial charge is 0.394 e. The molecule has 3 heteroatoms. The minimum atomic E-state index is 0. The molecule has 0 radical (unpaired) electrons. The van der Waals surface area contributed by atoms with E-state index in [-0.39, 0.29) is 46.5 Å². The van der Waals surface area contributed by atoms with Crippen LogP contribution < -0.4 is 0 Å². The Kier molecular flexibility index (Phi) is 16.3. The molecule has 0 aliphatic carbocycles. The zero-order chi connectivity index (χ0) is 4.12. The third kappa shape index (κ3) is 8.98. The van der Waals surface area contributed by atoms with Crippen LogP contribution in [-0.4, -0.2) is 25.4 Å². The first kappa shape index (κ1) is 10.3. The summed E-state index contributed by atoms with van der Waals surface area (Å²) in [6.45, 7) is 0.566. The molecule has 0 amide bonds. The molecule has 0 heterocycles. The van der Waals surface area contributed by atoms with E-state index in [4.69, 9.17) is 5.11 Å². The van der Waals surface area contributed by atoms with Crippen LogP contribution in [-0.2, 0) is 4.74 Å². The number of aliphatic hydroxyl groups excluding tert-OH is 1. The SMILES string of the molecule is COCCO.[Gd]. The van der Waals surface area contributed by atoms with E-state index in [2.05, 4.69) is 4.74 Å². The minimum Gasteiger partial charge on any atom is -0.394 e. The van der Waals surface area contributed by atoms with Gasteiger partial charge in [-0.25, -0.2) is 0 Å². The van der Waals surface area contributed by atoms with Crippen molar-refractivity contribution in [1.29, 1.82) is 0 Å². The monoisotopic (exact) mass is 234 g/mol. The summed E-state index contributed by atoms with van der Waals surface area (Å²) in [5.41, 5.74) is 0. The van der Waals surface area contributed by atoms with Gasteiger partial charge >= 0.3 is 0 Å². The predicted molar refractivity (Wildman–Crippen MR) is 19.0 cm³/mol. The summed E-state index contributed by atoms with van der Waals surface area (Å²) < 4.78 is 4.44. The van der Waals surface area contributed by atoms with Crippen molar-refractivity contribution in [1.82, 2.24) is 0 Å². The summed E-state index contributed by atoms with van der Waals surface area (Å²) in [5, 5.41) is 7.94. The molecule has 0 unspecified atom stereocenters. The Morgan fingerprint density at radius 1 is 1.67 bits per heavy atom. The van der Waals surface area contributed by atoms with Gasteiger partial charge in [-0.05, 0) is 0 Å². The van der Waals surface area contributed by atoms with E-state index in [1.165, 1.54) is 0 Å². The van der Waals surface area contributed by atoms with Crippen LogP contribution in [0.5, 0.6) is 0 Å². The standard InChI is InChI=1S/C3H8O2.Gd/c1-5-3-2-4;/h4H,2-3H2,1H3;. The van der Waals surface area contributed by atoms with Crippen LogP contribution >= 0.6 is 0 Å². The maximum absolute atomic E-state index is 7.94. The van der Waals surface area contributed by atoms with Crippen molar-refractivity contribution in [3.63, 3.8) is 0 Å². The summed E-state index contributed by atoms with van der Waals surface area (Å²) in [4.78, 5) is 0. The summed E-state index contributed by atoms with van der Waals surface area (Å²) in [5.74, 6) is 0. The average Bonchev–Trinajstić information content (AvgIpc) is 1.41. The Morgan fingerprint density at radius 2 is 2.17 bits per heavy atom. The molecule has 0 saturated carbocycles. The van der Waals surface area contributed by atoms with E-state index >= 15 is 0 Å². The van der Waals surface area contributed by atoms with Gasteiger partial charge in [0, 0.05) is 47.1 Å². The van der Waals surface area contributed by atoms with Crippen molar-refractivity contribution in [3.05, 3.63) is 0 Å². The van der Waals surface area contributed by atoms with Gasteiger partial charge in [0.15, 0.2) is 0 Å². The molecular formula is C3H8GdO2. The Hall–Kier alpha value is 1.24. The molecule has 2 nitrogen and oxygen atoms in total. The smallest absolute Gasteiger partial charge is 0.0693 e. The molecule has 1 N–H and O–H groups in total. The van der Waals surface area contributed by atoms with Gasteiger partial charge in [0.05, 0.1) is 13.2 Å². The van der Waals surface area contributed by atoms with Crippen LogP contribution in [0.15, 0.2) is 0 Å². The zero-order valence-corrected chi connectivity index (χ0v) is 5.89. The average molecular weight is 233 g/mol. The predicted octanol–water partition coefficient (Wildman–Crippen LogP) is -0.375. The van der Waals surface area contributed by atoms with Crippen LogP contribution in [0.3, 0.4) is 0 Å². The topological polar surface area (TPSA) is 29.5 Å². The van der Waals surface area contributed by atoms with E-state index in [1.807, 2.05) is 0 Å². The fourth-order valence-corrected chi connectivity index (χ4v) is 0.0913. The Morgan fingerprint density at radius 3 is 2.17 bits per heavy atom. The van der Waals surface area contributed by atoms with Crippen LogP contribution in [0.4, 0.5) is 0 Å². The quantitative estimate of drug-likeness (QED) is 0.705. The molecule has 0 aromatic heterocycles. The van der Waals surface area contributed by atoms with Crippen LogP contribution in [0.25, 0.3) is 0 Å². The molecule has 0 aliphatic rings. The number of rotatable bonds is 2. The van der Waals surface area contributed by atoms with Crippen LogP contribution in [0, 0.1) is 39.9 Å². The molecule has 0 rings (SSSR count). The van der Waals surface area contributed by atoms with Crippen LogP contribution in [0.1, 0.15) is 0 Å². The van der Waals surface area contributed by atoms with Crippen molar-refractivity contribution < 1.29 is 49.8 Å². The molecular weight excluding hydrogens is 225 g/mol. The second-order valence-electron chi connectivity index (χ2n) is 0.716. The molecule has 6 heavy (non-hydrogen) atoms. The van der Waals surface area contributed by atoms with E-state index < -0.39 is 0 Å². The Labute approximate surface area is 69.6 Å². The molecule has 0 saturated heterocycles. The molecule has 0 spiro atoms. The van der Waals surface area contributed by atoms with Gasteiger partial charge in [-0.3, -0.25) is 0 Å². The normalized spacial score (nSPS) is 7.00. The first-order valence-corrected chi connectivity index (χ1v) is 1.51. The van der Waals surface area contributed by atoms with Crippen molar-refractivity contribution in [2.45, 2.75) is 0 Å². The maximum Gasteiger partial charge on any atom is 0.0693 e. The van der Waals surface area contributed by atoms with Crippen molar-refractivity contribution in [2.24, 2.45) is 0 Å². The third-order valence-electron chi connectivity index (χ3n) is 0.295. The molecule has 40 valence electrons. The van der Waals surface area contributed by atoms with E-state index in [9.17, 15) is 0 Å². The van der Waals surface area contributed by atoms with Crippen molar-refractivity contribution in [2.75, 3.05) is 20.3 Å². The molecule has 0 fully saturated rings. The number of hydrogen-bond donors (Lipinski definition) is 1. The van der Waals surface area contributed by atoms with Gasteiger partial charge in [0.25, 0.3) is 0 Å². The van der Waals surface area contributed by atoms with E-state index in [0.29, 0.717) is 6.61 Å². The van der Waals surface area contributed by atoms with E-state index in [1.54, 1.807) is 7.11 Å². The molecule has 0 aromatic rings. The van der Waals surface area contributed by atoms with Gasteiger partial charge in [-0.1, -0.05) is 0 Å². The second-order valence-corrected chi connectivity index (χ2v) is 0.716. The van der Waals surface area contributed by atoms with Gasteiger partial charge in [0.2, 0.25) is 0 Å². The second kappa shape index (κ2) is 9.53. The Balaban J connectivity index is 0. The maximum atomic E-state index is 7.94. The fourth-order valence-electron chi connectivity index (χ4n) is 0.0913. The summed E-state index contributed by atoms with van der Waals surface area (Å²) >= 11 is 0. The Bertz CT molecular complexity index is 16.3.